The summed E-state index contributed by atoms with van der Waals surface area (Å²) in [5.41, 5.74) is 4.50. The molecule has 1 fully saturated rings. The maximum absolute atomic E-state index is 12.0. The van der Waals surface area contributed by atoms with Crippen molar-refractivity contribution in [1.29, 1.82) is 0 Å². The van der Waals surface area contributed by atoms with Gasteiger partial charge in [-0.05, 0) is 62.9 Å². The lowest BCUT2D eigenvalue weighted by Crippen LogP contribution is -2.35. The van der Waals surface area contributed by atoms with Crippen molar-refractivity contribution in [3.05, 3.63) is 28.8 Å². The number of nitrogens with one attached hydrogen (secondary N) is 2. The molecule has 0 heterocycles. The van der Waals surface area contributed by atoms with Crippen LogP contribution in [0.1, 0.15) is 48.8 Å². The van der Waals surface area contributed by atoms with Crippen LogP contribution >= 0.6 is 12.2 Å². The van der Waals surface area contributed by atoms with Gasteiger partial charge >= 0.3 is 0 Å². The van der Waals surface area contributed by atoms with Crippen LogP contribution in [0.2, 0.25) is 0 Å². The van der Waals surface area contributed by atoms with E-state index in [2.05, 4.69) is 29.7 Å². The van der Waals surface area contributed by atoms with Crippen molar-refractivity contribution in [1.82, 2.24) is 5.32 Å². The summed E-state index contributed by atoms with van der Waals surface area (Å²) in [5.74, 6) is 0.567. The van der Waals surface area contributed by atoms with Gasteiger partial charge in [0.2, 0.25) is 5.91 Å². The minimum Gasteiger partial charge on any atom is -0.332 e. The lowest BCUT2D eigenvalue weighted by atomic mass is 10.0. The van der Waals surface area contributed by atoms with Gasteiger partial charge in [0, 0.05) is 12.1 Å². The first-order valence-electron chi connectivity index (χ1n) is 7.64. The van der Waals surface area contributed by atoms with Gasteiger partial charge in [-0.3, -0.25) is 4.79 Å². The monoisotopic (exact) mass is 304 g/mol. The minimum atomic E-state index is 0.0295. The molecule has 1 saturated carbocycles. The summed E-state index contributed by atoms with van der Waals surface area (Å²) < 4.78 is 0. The highest BCUT2D eigenvalue weighted by molar-refractivity contribution is 7.80. The Morgan fingerprint density at radius 2 is 1.76 bits per heavy atom. The number of carbonyl (C=O) groups excluding carboxylic acids is 1. The Hall–Kier alpha value is -1.42. The first-order chi connectivity index (χ1) is 9.95. The summed E-state index contributed by atoms with van der Waals surface area (Å²) in [6, 6.07) is 4.22. The van der Waals surface area contributed by atoms with Gasteiger partial charge in [-0.15, -0.1) is 0 Å². The molecular formula is C17H24N2OS. The number of benzene rings is 1. The van der Waals surface area contributed by atoms with E-state index in [9.17, 15) is 4.79 Å². The average molecular weight is 304 g/mol. The Morgan fingerprint density at radius 3 is 2.33 bits per heavy atom. The van der Waals surface area contributed by atoms with E-state index in [0.717, 1.165) is 16.8 Å². The Bertz CT molecular complexity index is 525. The molecule has 1 amide bonds. The predicted octanol–water partition coefficient (Wildman–Crippen LogP) is 4.01. The molecule has 2 N–H and O–H groups in total. The molecule has 1 aromatic rings. The van der Waals surface area contributed by atoms with Crippen molar-refractivity contribution in [2.75, 3.05) is 5.32 Å². The number of aryl methyl sites for hydroxylation is 3. The molecule has 4 heteroatoms. The van der Waals surface area contributed by atoms with Crippen molar-refractivity contribution in [3.8, 4) is 0 Å². The quantitative estimate of drug-likeness (QED) is 0.829. The number of rotatable bonds is 3. The Kier molecular flexibility index (Phi) is 5.34. The summed E-state index contributed by atoms with van der Waals surface area (Å²) in [5, 5.41) is 6.36. The lowest BCUT2D eigenvalue weighted by molar-refractivity contribution is -0.120. The van der Waals surface area contributed by atoms with E-state index in [4.69, 9.17) is 12.2 Å². The predicted molar refractivity (Wildman–Crippen MR) is 91.6 cm³/mol. The second kappa shape index (κ2) is 7.03. The molecule has 0 spiro atoms. The van der Waals surface area contributed by atoms with Crippen molar-refractivity contribution in [3.63, 3.8) is 0 Å². The number of carbonyl (C=O) groups is 1. The van der Waals surface area contributed by atoms with Crippen LogP contribution < -0.4 is 10.6 Å². The van der Waals surface area contributed by atoms with Gasteiger partial charge < -0.3 is 10.6 Å². The van der Waals surface area contributed by atoms with Gasteiger partial charge in [-0.25, -0.2) is 0 Å². The summed E-state index contributed by atoms with van der Waals surface area (Å²) in [7, 11) is 0. The summed E-state index contributed by atoms with van der Waals surface area (Å²) in [4.78, 5) is 12.0. The molecule has 1 aliphatic carbocycles. The maximum Gasteiger partial charge on any atom is 0.226 e. The second-order valence-electron chi connectivity index (χ2n) is 6.13. The van der Waals surface area contributed by atoms with E-state index >= 15 is 0 Å². The molecule has 0 saturated heterocycles. The highest BCUT2D eigenvalue weighted by atomic mass is 32.1. The fourth-order valence-electron chi connectivity index (χ4n) is 3.18. The van der Waals surface area contributed by atoms with Crippen LogP contribution in [0, 0.1) is 26.7 Å². The SMILES string of the molecule is Cc1cc(C)c(NC(=S)NC(=O)CC2CCCC2)c(C)c1. The molecular weight excluding hydrogens is 280 g/mol. The highest BCUT2D eigenvalue weighted by Crippen LogP contribution is 2.27. The zero-order valence-corrected chi connectivity index (χ0v) is 13.9. The second-order valence-corrected chi connectivity index (χ2v) is 6.54. The van der Waals surface area contributed by atoms with Gasteiger partial charge in [0.1, 0.15) is 0 Å². The molecule has 0 radical (unpaired) electrons. The first kappa shape index (κ1) is 16.0. The zero-order chi connectivity index (χ0) is 15.4. The molecule has 114 valence electrons. The lowest BCUT2D eigenvalue weighted by Gasteiger charge is -2.16. The molecule has 1 aromatic carbocycles. The van der Waals surface area contributed by atoms with Gasteiger partial charge in [0.25, 0.3) is 0 Å². The molecule has 21 heavy (non-hydrogen) atoms. The summed E-state index contributed by atoms with van der Waals surface area (Å²) >= 11 is 5.26. The topological polar surface area (TPSA) is 41.1 Å². The highest BCUT2D eigenvalue weighted by Gasteiger charge is 2.19. The summed E-state index contributed by atoms with van der Waals surface area (Å²) in [6.45, 7) is 6.17. The van der Waals surface area contributed by atoms with Gasteiger partial charge in [0.05, 0.1) is 0 Å². The van der Waals surface area contributed by atoms with E-state index in [0.29, 0.717) is 17.5 Å². The number of hydrogen-bond acceptors (Lipinski definition) is 2. The third kappa shape index (κ3) is 4.53. The van der Waals surface area contributed by atoms with E-state index in [1.807, 2.05) is 13.8 Å². The van der Waals surface area contributed by atoms with E-state index in [-0.39, 0.29) is 5.91 Å². The van der Waals surface area contributed by atoms with Crippen molar-refractivity contribution >= 4 is 28.9 Å². The van der Waals surface area contributed by atoms with Crippen molar-refractivity contribution in [2.24, 2.45) is 5.92 Å². The molecule has 0 unspecified atom stereocenters. The largest absolute Gasteiger partial charge is 0.332 e. The Labute approximate surface area is 132 Å². The van der Waals surface area contributed by atoms with Crippen LogP contribution in [0.5, 0.6) is 0 Å². The molecule has 1 aliphatic rings. The van der Waals surface area contributed by atoms with Crippen LogP contribution in [0.25, 0.3) is 0 Å². The smallest absolute Gasteiger partial charge is 0.226 e. The maximum atomic E-state index is 12.0. The van der Waals surface area contributed by atoms with Crippen molar-refractivity contribution in [2.45, 2.75) is 52.9 Å². The van der Waals surface area contributed by atoms with Gasteiger partial charge in [-0.1, -0.05) is 30.5 Å². The normalized spacial score (nSPS) is 15.0. The van der Waals surface area contributed by atoms with Crippen LogP contribution in [0.4, 0.5) is 5.69 Å². The van der Waals surface area contributed by atoms with E-state index in [1.165, 1.54) is 31.2 Å². The molecule has 0 aliphatic heterocycles. The van der Waals surface area contributed by atoms with Crippen LogP contribution in [-0.2, 0) is 4.79 Å². The molecule has 0 bridgehead atoms. The fourth-order valence-corrected chi connectivity index (χ4v) is 3.39. The van der Waals surface area contributed by atoms with Crippen LogP contribution in [0.3, 0.4) is 0 Å². The number of anilines is 1. The number of thiocarbonyl (C=S) groups is 1. The molecule has 0 aromatic heterocycles. The standard InChI is InChI=1S/C17H24N2OS/c1-11-8-12(2)16(13(3)9-11)19-17(21)18-15(20)10-14-6-4-5-7-14/h8-9,14H,4-7,10H2,1-3H3,(H2,18,19,20,21). The third-order valence-corrected chi connectivity index (χ3v) is 4.32. The minimum absolute atomic E-state index is 0.0295. The van der Waals surface area contributed by atoms with E-state index < -0.39 is 0 Å². The van der Waals surface area contributed by atoms with Gasteiger partial charge in [0.15, 0.2) is 5.11 Å². The van der Waals surface area contributed by atoms with Crippen molar-refractivity contribution < 1.29 is 4.79 Å². The van der Waals surface area contributed by atoms with Gasteiger partial charge in [-0.2, -0.15) is 0 Å². The third-order valence-electron chi connectivity index (χ3n) is 4.12. The fraction of sp³-hybridized carbons (Fsp3) is 0.529. The van der Waals surface area contributed by atoms with E-state index in [1.54, 1.807) is 0 Å². The van der Waals surface area contributed by atoms with Crippen LogP contribution in [0.15, 0.2) is 12.1 Å². The Balaban J connectivity index is 1.91. The number of amides is 1. The molecule has 0 atom stereocenters. The molecule has 2 rings (SSSR count). The summed E-state index contributed by atoms with van der Waals surface area (Å²) in [6.07, 6.45) is 5.44. The Morgan fingerprint density at radius 1 is 1.19 bits per heavy atom. The zero-order valence-electron chi connectivity index (χ0n) is 13.1. The average Bonchev–Trinajstić information content (AvgIpc) is 2.86. The molecule has 3 nitrogen and oxygen atoms in total. The first-order valence-corrected chi connectivity index (χ1v) is 8.05. The number of hydrogen-bond donors (Lipinski definition) is 2. The van der Waals surface area contributed by atoms with Crippen LogP contribution in [-0.4, -0.2) is 11.0 Å².